The Morgan fingerprint density at radius 2 is 1.86 bits per heavy atom. The first-order valence-electron chi connectivity index (χ1n) is 3.93. The maximum Gasteiger partial charge on any atom is 0.522 e. The van der Waals surface area contributed by atoms with E-state index in [9.17, 15) is 13.2 Å². The summed E-state index contributed by atoms with van der Waals surface area (Å²) in [6, 6.07) is 7.11. The highest BCUT2D eigenvalue weighted by atomic mass is 79.9. The number of rotatable bonds is 3. The average molecular weight is 269 g/mol. The lowest BCUT2D eigenvalue weighted by Gasteiger charge is -2.07. The van der Waals surface area contributed by atoms with Crippen LogP contribution >= 0.6 is 15.9 Å². The maximum atomic E-state index is 11.6. The van der Waals surface area contributed by atoms with Gasteiger partial charge in [0.25, 0.3) is 0 Å². The van der Waals surface area contributed by atoms with Gasteiger partial charge >= 0.3 is 6.36 Å². The van der Waals surface area contributed by atoms with Crippen molar-refractivity contribution in [2.75, 3.05) is 6.61 Å². The minimum absolute atomic E-state index is 0.237. The van der Waals surface area contributed by atoms with Gasteiger partial charge in [-0.05, 0) is 18.1 Å². The summed E-state index contributed by atoms with van der Waals surface area (Å²) >= 11 is 3.24. The Morgan fingerprint density at radius 3 is 2.43 bits per heavy atom. The number of alkyl halides is 3. The molecule has 0 heterocycles. The van der Waals surface area contributed by atoms with E-state index in [1.54, 1.807) is 24.3 Å². The largest absolute Gasteiger partial charge is 0.522 e. The fraction of sp³-hybridized carbons (Fsp3) is 0.333. The molecule has 1 nitrogen and oxygen atoms in total. The molecule has 78 valence electrons. The van der Waals surface area contributed by atoms with E-state index in [-0.39, 0.29) is 13.0 Å². The third-order valence-electron chi connectivity index (χ3n) is 1.59. The van der Waals surface area contributed by atoms with Gasteiger partial charge in [0.1, 0.15) is 0 Å². The molecule has 0 saturated heterocycles. The molecule has 0 atom stereocenters. The fourth-order valence-corrected chi connectivity index (χ4v) is 1.46. The molecule has 0 saturated carbocycles. The Balaban J connectivity index is 2.43. The zero-order chi connectivity index (χ0) is 10.6. The lowest BCUT2D eigenvalue weighted by molar-refractivity contribution is -0.324. The monoisotopic (exact) mass is 268 g/mol. The maximum absolute atomic E-state index is 11.6. The lowest BCUT2D eigenvalue weighted by atomic mass is 10.2. The van der Waals surface area contributed by atoms with Crippen LogP contribution in [0.1, 0.15) is 5.56 Å². The molecule has 0 fully saturated rings. The van der Waals surface area contributed by atoms with Gasteiger partial charge in [-0.15, -0.1) is 13.2 Å². The molecule has 1 rings (SSSR count). The number of ether oxygens (including phenoxy) is 1. The lowest BCUT2D eigenvalue weighted by Crippen LogP contribution is -2.15. The molecule has 0 aliphatic heterocycles. The molecular formula is C9H8BrF3O. The van der Waals surface area contributed by atoms with Crippen molar-refractivity contribution in [1.82, 2.24) is 0 Å². The molecule has 0 aromatic heterocycles. The standard InChI is InChI=1S/C9H8BrF3O/c10-8-4-2-1-3-7(8)5-6-14-9(11,12)13/h1-4H,5-6H2. The Kier molecular flexibility index (Phi) is 3.95. The van der Waals surface area contributed by atoms with E-state index in [1.165, 1.54) is 0 Å². The molecule has 0 aliphatic rings. The topological polar surface area (TPSA) is 9.23 Å². The zero-order valence-electron chi connectivity index (χ0n) is 7.14. The van der Waals surface area contributed by atoms with Gasteiger partial charge in [0.05, 0.1) is 6.61 Å². The number of halogens is 4. The molecule has 1 aromatic rings. The molecule has 0 radical (unpaired) electrons. The van der Waals surface area contributed by atoms with E-state index in [1.807, 2.05) is 0 Å². The molecular weight excluding hydrogens is 261 g/mol. The summed E-state index contributed by atoms with van der Waals surface area (Å²) in [5.41, 5.74) is 0.803. The molecule has 0 aliphatic carbocycles. The van der Waals surface area contributed by atoms with Crippen molar-refractivity contribution in [1.29, 1.82) is 0 Å². The quantitative estimate of drug-likeness (QED) is 0.815. The zero-order valence-corrected chi connectivity index (χ0v) is 8.73. The van der Waals surface area contributed by atoms with Crippen LogP contribution in [-0.2, 0) is 11.2 Å². The van der Waals surface area contributed by atoms with E-state index in [0.717, 1.165) is 10.0 Å². The van der Waals surface area contributed by atoms with E-state index in [2.05, 4.69) is 20.7 Å². The van der Waals surface area contributed by atoms with E-state index >= 15 is 0 Å². The summed E-state index contributed by atoms with van der Waals surface area (Å²) in [5, 5.41) is 0. The molecule has 0 amide bonds. The first-order valence-corrected chi connectivity index (χ1v) is 4.72. The second-order valence-corrected chi connectivity index (χ2v) is 3.49. The molecule has 1 aromatic carbocycles. The molecule has 0 unspecified atom stereocenters. The van der Waals surface area contributed by atoms with Gasteiger partial charge in [0.2, 0.25) is 0 Å². The second-order valence-electron chi connectivity index (χ2n) is 2.64. The van der Waals surface area contributed by atoms with E-state index in [4.69, 9.17) is 0 Å². The highest BCUT2D eigenvalue weighted by molar-refractivity contribution is 9.10. The molecule has 14 heavy (non-hydrogen) atoms. The van der Waals surface area contributed by atoms with Gasteiger partial charge in [-0.1, -0.05) is 34.1 Å². The first kappa shape index (κ1) is 11.5. The van der Waals surface area contributed by atoms with Crippen molar-refractivity contribution < 1.29 is 17.9 Å². The Hall–Kier alpha value is -0.550. The van der Waals surface area contributed by atoms with Crippen molar-refractivity contribution in [2.45, 2.75) is 12.8 Å². The Labute approximate surface area is 88.0 Å². The summed E-state index contributed by atoms with van der Waals surface area (Å²) in [7, 11) is 0. The minimum Gasteiger partial charge on any atom is -0.292 e. The van der Waals surface area contributed by atoms with Crippen LogP contribution in [0.3, 0.4) is 0 Å². The van der Waals surface area contributed by atoms with Crippen LogP contribution in [0.4, 0.5) is 13.2 Å². The minimum atomic E-state index is -4.54. The smallest absolute Gasteiger partial charge is 0.292 e. The van der Waals surface area contributed by atoms with Crippen LogP contribution in [0.2, 0.25) is 0 Å². The fourth-order valence-electron chi connectivity index (χ4n) is 0.978. The number of benzene rings is 1. The van der Waals surface area contributed by atoms with Crippen LogP contribution in [0.15, 0.2) is 28.7 Å². The van der Waals surface area contributed by atoms with Gasteiger partial charge < -0.3 is 0 Å². The van der Waals surface area contributed by atoms with Gasteiger partial charge in [0, 0.05) is 4.47 Å². The Bertz CT molecular complexity index is 298. The van der Waals surface area contributed by atoms with Crippen LogP contribution in [0, 0.1) is 0 Å². The van der Waals surface area contributed by atoms with Gasteiger partial charge in [-0.3, -0.25) is 4.74 Å². The van der Waals surface area contributed by atoms with Crippen molar-refractivity contribution in [3.63, 3.8) is 0 Å². The highest BCUT2D eigenvalue weighted by Crippen LogP contribution is 2.19. The van der Waals surface area contributed by atoms with Crippen molar-refractivity contribution in [3.8, 4) is 0 Å². The number of hydrogen-bond acceptors (Lipinski definition) is 1. The van der Waals surface area contributed by atoms with Crippen LogP contribution in [0.5, 0.6) is 0 Å². The van der Waals surface area contributed by atoms with Crippen LogP contribution < -0.4 is 0 Å². The molecule has 5 heteroatoms. The Morgan fingerprint density at radius 1 is 1.21 bits per heavy atom. The molecule has 0 bridgehead atoms. The summed E-state index contributed by atoms with van der Waals surface area (Å²) in [5.74, 6) is 0. The van der Waals surface area contributed by atoms with E-state index < -0.39 is 6.36 Å². The van der Waals surface area contributed by atoms with Gasteiger partial charge in [-0.2, -0.15) is 0 Å². The van der Waals surface area contributed by atoms with E-state index in [0.29, 0.717) is 0 Å². The summed E-state index contributed by atoms with van der Waals surface area (Å²) in [4.78, 5) is 0. The summed E-state index contributed by atoms with van der Waals surface area (Å²) in [6.07, 6.45) is -4.30. The normalized spacial score (nSPS) is 11.7. The van der Waals surface area contributed by atoms with Crippen molar-refractivity contribution in [3.05, 3.63) is 34.3 Å². The third-order valence-corrected chi connectivity index (χ3v) is 2.37. The SMILES string of the molecule is FC(F)(F)OCCc1ccccc1Br. The van der Waals surface area contributed by atoms with Crippen molar-refractivity contribution >= 4 is 15.9 Å². The predicted octanol–water partition coefficient (Wildman–Crippen LogP) is 3.53. The van der Waals surface area contributed by atoms with Crippen LogP contribution in [0.25, 0.3) is 0 Å². The third kappa shape index (κ3) is 4.11. The summed E-state index contributed by atoms with van der Waals surface area (Å²) < 4.78 is 39.3. The average Bonchev–Trinajstić information content (AvgIpc) is 2.06. The predicted molar refractivity (Wildman–Crippen MR) is 49.9 cm³/mol. The summed E-state index contributed by atoms with van der Waals surface area (Å²) in [6.45, 7) is -0.355. The molecule has 0 N–H and O–H groups in total. The number of hydrogen-bond donors (Lipinski definition) is 0. The van der Waals surface area contributed by atoms with Gasteiger partial charge in [0.15, 0.2) is 0 Å². The molecule has 0 spiro atoms. The second kappa shape index (κ2) is 4.79. The highest BCUT2D eigenvalue weighted by Gasteiger charge is 2.28. The van der Waals surface area contributed by atoms with Gasteiger partial charge in [-0.25, -0.2) is 0 Å². The first-order chi connectivity index (χ1) is 6.49. The van der Waals surface area contributed by atoms with Crippen LogP contribution in [-0.4, -0.2) is 13.0 Å². The van der Waals surface area contributed by atoms with Crippen molar-refractivity contribution in [2.24, 2.45) is 0 Å².